The lowest BCUT2D eigenvalue weighted by Crippen LogP contribution is -2.37. The molecule has 2 unspecified atom stereocenters. The van der Waals surface area contributed by atoms with Gasteiger partial charge in [0.2, 0.25) is 0 Å². The van der Waals surface area contributed by atoms with Crippen molar-refractivity contribution in [3.8, 4) is 0 Å². The summed E-state index contributed by atoms with van der Waals surface area (Å²) in [5.41, 5.74) is 8.34. The molecule has 2 N–H and O–H groups in total. The summed E-state index contributed by atoms with van der Waals surface area (Å²) in [6.45, 7) is 7.92. The third-order valence-corrected chi connectivity index (χ3v) is 3.41. The van der Waals surface area contributed by atoms with Crippen molar-refractivity contribution >= 4 is 17.3 Å². The maximum Gasteiger partial charge on any atom is 0.0663 e. The SMILES string of the molecule is CCN(c1cc(Cl)ccc1CC(C)N)C(C)COC. The summed E-state index contributed by atoms with van der Waals surface area (Å²) >= 11 is 6.15. The van der Waals surface area contributed by atoms with Crippen LogP contribution in [-0.2, 0) is 11.2 Å². The Morgan fingerprint density at radius 1 is 1.37 bits per heavy atom. The van der Waals surface area contributed by atoms with Crippen molar-refractivity contribution in [2.24, 2.45) is 5.73 Å². The van der Waals surface area contributed by atoms with E-state index in [0.717, 1.165) is 23.7 Å². The average Bonchev–Trinajstić information content (AvgIpc) is 2.33. The summed E-state index contributed by atoms with van der Waals surface area (Å²) in [7, 11) is 1.73. The minimum Gasteiger partial charge on any atom is -0.383 e. The van der Waals surface area contributed by atoms with Gasteiger partial charge >= 0.3 is 0 Å². The summed E-state index contributed by atoms with van der Waals surface area (Å²) in [5.74, 6) is 0. The van der Waals surface area contributed by atoms with Crippen molar-refractivity contribution in [2.45, 2.75) is 39.3 Å². The first-order valence-corrected chi connectivity index (χ1v) is 7.17. The van der Waals surface area contributed by atoms with Crippen molar-refractivity contribution in [2.75, 3.05) is 25.2 Å². The molecule has 1 rings (SSSR count). The summed E-state index contributed by atoms with van der Waals surface area (Å²) in [5, 5.41) is 0.756. The van der Waals surface area contributed by atoms with Crippen LogP contribution in [0.15, 0.2) is 18.2 Å². The first-order valence-electron chi connectivity index (χ1n) is 6.79. The van der Waals surface area contributed by atoms with Gasteiger partial charge in [-0.15, -0.1) is 0 Å². The van der Waals surface area contributed by atoms with E-state index < -0.39 is 0 Å². The predicted octanol–water partition coefficient (Wildman–Crippen LogP) is 3.09. The fraction of sp³-hybridized carbons (Fsp3) is 0.600. The molecule has 3 nitrogen and oxygen atoms in total. The Kier molecular flexibility index (Phi) is 6.63. The molecule has 0 saturated heterocycles. The van der Waals surface area contributed by atoms with Crippen LogP contribution < -0.4 is 10.6 Å². The van der Waals surface area contributed by atoms with Gasteiger partial charge in [0.15, 0.2) is 0 Å². The second kappa shape index (κ2) is 7.73. The van der Waals surface area contributed by atoms with Gasteiger partial charge in [0.25, 0.3) is 0 Å². The van der Waals surface area contributed by atoms with Crippen LogP contribution in [0.25, 0.3) is 0 Å². The third kappa shape index (κ3) is 4.68. The summed E-state index contributed by atoms with van der Waals surface area (Å²) in [4.78, 5) is 2.31. The van der Waals surface area contributed by atoms with Gasteiger partial charge in [0.1, 0.15) is 0 Å². The van der Waals surface area contributed by atoms with E-state index >= 15 is 0 Å². The van der Waals surface area contributed by atoms with Gasteiger partial charge in [-0.25, -0.2) is 0 Å². The Morgan fingerprint density at radius 2 is 2.05 bits per heavy atom. The zero-order chi connectivity index (χ0) is 14.4. The van der Waals surface area contributed by atoms with Gasteiger partial charge in [-0.1, -0.05) is 17.7 Å². The highest BCUT2D eigenvalue weighted by molar-refractivity contribution is 6.30. The molecule has 19 heavy (non-hydrogen) atoms. The largest absolute Gasteiger partial charge is 0.383 e. The number of benzene rings is 1. The van der Waals surface area contributed by atoms with E-state index in [2.05, 4.69) is 24.8 Å². The van der Waals surface area contributed by atoms with E-state index in [4.69, 9.17) is 22.1 Å². The molecule has 0 saturated carbocycles. The Labute approximate surface area is 121 Å². The van der Waals surface area contributed by atoms with Gasteiger partial charge in [0, 0.05) is 36.4 Å². The third-order valence-electron chi connectivity index (χ3n) is 3.18. The molecule has 1 aromatic rings. The van der Waals surface area contributed by atoms with Crippen molar-refractivity contribution in [3.05, 3.63) is 28.8 Å². The van der Waals surface area contributed by atoms with Crippen LogP contribution in [0, 0.1) is 0 Å². The second-order valence-corrected chi connectivity index (χ2v) is 5.48. The van der Waals surface area contributed by atoms with E-state index in [1.165, 1.54) is 5.56 Å². The number of nitrogens with zero attached hydrogens (tertiary/aromatic N) is 1. The Bertz CT molecular complexity index is 396. The summed E-state index contributed by atoms with van der Waals surface area (Å²) in [6, 6.07) is 6.46. The molecule has 0 amide bonds. The molecule has 0 aliphatic heterocycles. The number of ether oxygens (including phenoxy) is 1. The monoisotopic (exact) mass is 284 g/mol. The lowest BCUT2D eigenvalue weighted by molar-refractivity contribution is 0.182. The van der Waals surface area contributed by atoms with Crippen LogP contribution in [0.5, 0.6) is 0 Å². The van der Waals surface area contributed by atoms with Gasteiger partial charge < -0.3 is 15.4 Å². The first kappa shape index (κ1) is 16.3. The number of anilines is 1. The topological polar surface area (TPSA) is 38.5 Å². The average molecular weight is 285 g/mol. The molecule has 108 valence electrons. The molecular formula is C15H25ClN2O. The van der Waals surface area contributed by atoms with Crippen LogP contribution in [-0.4, -0.2) is 32.3 Å². The fourth-order valence-corrected chi connectivity index (χ4v) is 2.54. The van der Waals surface area contributed by atoms with Crippen molar-refractivity contribution in [1.82, 2.24) is 0 Å². The summed E-state index contributed by atoms with van der Waals surface area (Å²) in [6.07, 6.45) is 0.850. The first-order chi connectivity index (χ1) is 8.99. The van der Waals surface area contributed by atoms with E-state index in [9.17, 15) is 0 Å². The number of hydrogen-bond donors (Lipinski definition) is 1. The van der Waals surface area contributed by atoms with E-state index in [1.807, 2.05) is 19.1 Å². The molecule has 0 fully saturated rings. The molecule has 0 aliphatic carbocycles. The normalized spacial score (nSPS) is 14.2. The highest BCUT2D eigenvalue weighted by Crippen LogP contribution is 2.27. The minimum absolute atomic E-state index is 0.136. The number of likely N-dealkylation sites (N-methyl/N-ethyl adjacent to an activating group) is 1. The van der Waals surface area contributed by atoms with Crippen LogP contribution in [0.2, 0.25) is 5.02 Å². The van der Waals surface area contributed by atoms with Gasteiger partial charge in [-0.3, -0.25) is 0 Å². The highest BCUT2D eigenvalue weighted by atomic mass is 35.5. The van der Waals surface area contributed by atoms with Crippen molar-refractivity contribution in [3.63, 3.8) is 0 Å². The standard InChI is InChI=1S/C15H25ClN2O/c1-5-18(12(3)10-19-4)15-9-14(16)7-6-13(15)8-11(2)17/h6-7,9,11-12H,5,8,10,17H2,1-4H3. The van der Waals surface area contributed by atoms with Crippen molar-refractivity contribution < 1.29 is 4.74 Å². The van der Waals surface area contributed by atoms with Crippen LogP contribution in [0.3, 0.4) is 0 Å². The highest BCUT2D eigenvalue weighted by Gasteiger charge is 2.17. The predicted molar refractivity (Wildman–Crippen MR) is 83.2 cm³/mol. The van der Waals surface area contributed by atoms with E-state index in [-0.39, 0.29) is 6.04 Å². The number of methoxy groups -OCH3 is 1. The Hall–Kier alpha value is -0.770. The molecule has 2 atom stereocenters. The molecule has 0 bridgehead atoms. The maximum absolute atomic E-state index is 6.15. The molecule has 0 heterocycles. The molecule has 0 radical (unpaired) electrons. The maximum atomic E-state index is 6.15. The van der Waals surface area contributed by atoms with Gasteiger partial charge in [-0.2, -0.15) is 0 Å². The lowest BCUT2D eigenvalue weighted by Gasteiger charge is -2.32. The van der Waals surface area contributed by atoms with E-state index in [0.29, 0.717) is 12.6 Å². The fourth-order valence-electron chi connectivity index (χ4n) is 2.37. The second-order valence-electron chi connectivity index (χ2n) is 5.04. The van der Waals surface area contributed by atoms with E-state index in [1.54, 1.807) is 7.11 Å². The quantitative estimate of drug-likeness (QED) is 0.836. The Balaban J connectivity index is 3.09. The van der Waals surface area contributed by atoms with Crippen LogP contribution in [0.1, 0.15) is 26.3 Å². The minimum atomic E-state index is 0.136. The molecule has 1 aromatic carbocycles. The van der Waals surface area contributed by atoms with Crippen LogP contribution in [0.4, 0.5) is 5.69 Å². The number of rotatable bonds is 7. The summed E-state index contributed by atoms with van der Waals surface area (Å²) < 4.78 is 5.26. The van der Waals surface area contributed by atoms with Gasteiger partial charge in [0.05, 0.1) is 6.61 Å². The number of nitrogens with two attached hydrogens (primary N) is 1. The molecular weight excluding hydrogens is 260 g/mol. The lowest BCUT2D eigenvalue weighted by atomic mass is 10.0. The number of halogens is 1. The molecule has 0 spiro atoms. The molecule has 0 aliphatic rings. The zero-order valence-electron chi connectivity index (χ0n) is 12.3. The smallest absolute Gasteiger partial charge is 0.0663 e. The van der Waals surface area contributed by atoms with Crippen molar-refractivity contribution in [1.29, 1.82) is 0 Å². The van der Waals surface area contributed by atoms with Crippen LogP contribution >= 0.6 is 11.6 Å². The zero-order valence-corrected chi connectivity index (χ0v) is 13.1. The molecule has 0 aromatic heterocycles. The van der Waals surface area contributed by atoms with Gasteiger partial charge in [-0.05, 0) is 44.9 Å². The Morgan fingerprint density at radius 3 is 2.58 bits per heavy atom. The molecule has 4 heteroatoms. The number of hydrogen-bond acceptors (Lipinski definition) is 3.